The molecule has 0 radical (unpaired) electrons. The highest BCUT2D eigenvalue weighted by molar-refractivity contribution is 5.61. The Balaban J connectivity index is 2.22. The topological polar surface area (TPSA) is 85.3 Å². The first-order valence-corrected chi connectivity index (χ1v) is 7.17. The summed E-state index contributed by atoms with van der Waals surface area (Å²) < 4.78 is 0. The van der Waals surface area contributed by atoms with Crippen LogP contribution in [0.5, 0.6) is 0 Å². The molecule has 1 fully saturated rings. The van der Waals surface area contributed by atoms with Crippen molar-refractivity contribution in [2.75, 3.05) is 23.7 Å². The number of nitro groups is 1. The van der Waals surface area contributed by atoms with Crippen LogP contribution in [0.2, 0.25) is 0 Å². The fourth-order valence-corrected chi connectivity index (χ4v) is 2.98. The van der Waals surface area contributed by atoms with Crippen LogP contribution in [0.1, 0.15) is 39.5 Å². The highest BCUT2D eigenvalue weighted by Crippen LogP contribution is 2.40. The van der Waals surface area contributed by atoms with Crippen LogP contribution in [0, 0.1) is 15.5 Å². The van der Waals surface area contributed by atoms with E-state index < -0.39 is 0 Å². The van der Waals surface area contributed by atoms with E-state index in [0.29, 0.717) is 17.1 Å². The highest BCUT2D eigenvalue weighted by Gasteiger charge is 2.33. The number of nitrogens with two attached hydrogens (primary N) is 1. The molecule has 2 rings (SSSR count). The van der Waals surface area contributed by atoms with Crippen molar-refractivity contribution < 1.29 is 4.92 Å². The van der Waals surface area contributed by atoms with Gasteiger partial charge < -0.3 is 10.6 Å². The predicted molar refractivity (Wildman–Crippen MR) is 79.8 cm³/mol. The van der Waals surface area contributed by atoms with E-state index in [1.54, 1.807) is 0 Å². The smallest absolute Gasteiger partial charge is 0.311 e. The van der Waals surface area contributed by atoms with Gasteiger partial charge in [0.1, 0.15) is 5.82 Å². The summed E-state index contributed by atoms with van der Waals surface area (Å²) in [4.78, 5) is 16.9. The van der Waals surface area contributed by atoms with Crippen molar-refractivity contribution in [3.8, 4) is 0 Å². The van der Waals surface area contributed by atoms with Crippen molar-refractivity contribution in [1.29, 1.82) is 0 Å². The summed E-state index contributed by atoms with van der Waals surface area (Å²) in [6, 6.07) is 2.92. The van der Waals surface area contributed by atoms with Gasteiger partial charge in [-0.1, -0.05) is 26.7 Å². The van der Waals surface area contributed by atoms with E-state index in [1.807, 2.05) is 4.90 Å². The number of anilines is 2. The molecule has 0 aromatic carbocycles. The van der Waals surface area contributed by atoms with Crippen molar-refractivity contribution in [1.82, 2.24) is 4.98 Å². The number of pyridine rings is 1. The molecule has 1 saturated heterocycles. The fourth-order valence-electron chi connectivity index (χ4n) is 2.98. The largest absolute Gasteiger partial charge is 0.384 e. The van der Waals surface area contributed by atoms with Gasteiger partial charge in [-0.2, -0.15) is 0 Å². The summed E-state index contributed by atoms with van der Waals surface area (Å²) in [5.74, 6) is 0.740. The molecule has 110 valence electrons. The van der Waals surface area contributed by atoms with Crippen molar-refractivity contribution in [3.63, 3.8) is 0 Å². The Morgan fingerprint density at radius 2 is 1.95 bits per heavy atom. The lowest BCUT2D eigenvalue weighted by atomic mass is 9.74. The third-order valence-electron chi connectivity index (χ3n) is 4.70. The van der Waals surface area contributed by atoms with Crippen LogP contribution < -0.4 is 10.6 Å². The predicted octanol–water partition coefficient (Wildman–Crippen LogP) is 2.98. The van der Waals surface area contributed by atoms with Gasteiger partial charge in [0.05, 0.1) is 4.92 Å². The molecule has 6 heteroatoms. The Hall–Kier alpha value is -1.85. The molecule has 1 aromatic heterocycles. The second kappa shape index (κ2) is 5.64. The molecule has 0 spiro atoms. The minimum Gasteiger partial charge on any atom is -0.384 e. The molecule has 1 aliphatic rings. The Labute approximate surface area is 119 Å². The second-order valence-corrected chi connectivity index (χ2v) is 5.53. The lowest BCUT2D eigenvalue weighted by Crippen LogP contribution is -2.40. The van der Waals surface area contributed by atoms with Crippen LogP contribution in [0.4, 0.5) is 17.3 Å². The summed E-state index contributed by atoms with van der Waals surface area (Å²) in [6.07, 6.45) is 4.41. The number of hydrogen-bond donors (Lipinski definition) is 1. The maximum Gasteiger partial charge on any atom is 0.311 e. The van der Waals surface area contributed by atoms with Gasteiger partial charge in [-0.25, -0.2) is 4.98 Å². The van der Waals surface area contributed by atoms with Crippen LogP contribution in [-0.2, 0) is 0 Å². The monoisotopic (exact) mass is 278 g/mol. The van der Waals surface area contributed by atoms with Gasteiger partial charge in [0.2, 0.25) is 5.82 Å². The highest BCUT2D eigenvalue weighted by atomic mass is 16.6. The Bertz CT molecular complexity index is 490. The molecule has 6 nitrogen and oxygen atoms in total. The van der Waals surface area contributed by atoms with Crippen molar-refractivity contribution in [3.05, 3.63) is 22.2 Å². The molecule has 1 aliphatic heterocycles. The van der Waals surface area contributed by atoms with E-state index in [0.717, 1.165) is 38.8 Å². The van der Waals surface area contributed by atoms with Crippen LogP contribution in [0.25, 0.3) is 0 Å². The van der Waals surface area contributed by atoms with Gasteiger partial charge in [0, 0.05) is 19.2 Å². The number of nitrogens with zero attached hydrogens (tertiary/aromatic N) is 3. The Kier molecular flexibility index (Phi) is 4.11. The summed E-state index contributed by atoms with van der Waals surface area (Å²) in [5, 5.41) is 11.1. The summed E-state index contributed by atoms with van der Waals surface area (Å²) in [5.41, 5.74) is 6.10. The first-order valence-electron chi connectivity index (χ1n) is 7.17. The fraction of sp³-hybridized carbons (Fsp3) is 0.643. The molecule has 2 heterocycles. The lowest BCUT2D eigenvalue weighted by Gasteiger charge is -2.41. The van der Waals surface area contributed by atoms with E-state index in [9.17, 15) is 10.1 Å². The summed E-state index contributed by atoms with van der Waals surface area (Å²) in [7, 11) is 0. The molecular weight excluding hydrogens is 256 g/mol. The zero-order valence-electron chi connectivity index (χ0n) is 12.1. The number of hydrogen-bond acceptors (Lipinski definition) is 5. The van der Waals surface area contributed by atoms with E-state index in [-0.39, 0.29) is 10.6 Å². The van der Waals surface area contributed by atoms with Crippen molar-refractivity contribution in [2.24, 2.45) is 5.41 Å². The van der Waals surface area contributed by atoms with E-state index in [4.69, 9.17) is 5.73 Å². The Morgan fingerprint density at radius 1 is 1.35 bits per heavy atom. The molecule has 0 aliphatic carbocycles. The maximum absolute atomic E-state index is 11.1. The maximum atomic E-state index is 11.1. The molecule has 1 aromatic rings. The average Bonchev–Trinajstić information content (AvgIpc) is 2.47. The second-order valence-electron chi connectivity index (χ2n) is 5.53. The van der Waals surface area contributed by atoms with Crippen LogP contribution in [-0.4, -0.2) is 23.0 Å². The summed E-state index contributed by atoms with van der Waals surface area (Å²) >= 11 is 0. The molecule has 0 saturated carbocycles. The van der Waals surface area contributed by atoms with Gasteiger partial charge in [0.15, 0.2) is 0 Å². The minimum absolute atomic E-state index is 0.0414. The average molecular weight is 278 g/mol. The van der Waals surface area contributed by atoms with Gasteiger partial charge in [0.25, 0.3) is 0 Å². The van der Waals surface area contributed by atoms with E-state index >= 15 is 0 Å². The van der Waals surface area contributed by atoms with Crippen molar-refractivity contribution in [2.45, 2.75) is 39.5 Å². The SMILES string of the molecule is CCC1(CC)CCN(c2nc(N)ccc2[N+](=O)[O-])CC1. The minimum atomic E-state index is -0.386. The summed E-state index contributed by atoms with van der Waals surface area (Å²) in [6.45, 7) is 6.05. The quantitative estimate of drug-likeness (QED) is 0.676. The van der Waals surface area contributed by atoms with Crippen LogP contribution >= 0.6 is 0 Å². The third-order valence-corrected chi connectivity index (χ3v) is 4.70. The molecule has 0 bridgehead atoms. The molecule has 2 N–H and O–H groups in total. The lowest BCUT2D eigenvalue weighted by molar-refractivity contribution is -0.384. The molecular formula is C14H22N4O2. The number of rotatable bonds is 4. The van der Waals surface area contributed by atoms with Crippen molar-refractivity contribution >= 4 is 17.3 Å². The van der Waals surface area contributed by atoms with Gasteiger partial charge in [-0.05, 0) is 24.3 Å². The molecule has 0 atom stereocenters. The van der Waals surface area contributed by atoms with E-state index in [2.05, 4.69) is 18.8 Å². The first kappa shape index (κ1) is 14.6. The number of nitrogen functional groups attached to an aromatic ring is 1. The first-order chi connectivity index (χ1) is 9.51. The van der Waals surface area contributed by atoms with Crippen LogP contribution in [0.15, 0.2) is 12.1 Å². The molecule has 0 unspecified atom stereocenters. The third kappa shape index (κ3) is 2.69. The van der Waals surface area contributed by atoms with Crippen LogP contribution in [0.3, 0.4) is 0 Å². The van der Waals surface area contributed by atoms with Gasteiger partial charge >= 0.3 is 5.69 Å². The zero-order chi connectivity index (χ0) is 14.8. The van der Waals surface area contributed by atoms with Gasteiger partial charge in [-0.3, -0.25) is 10.1 Å². The van der Waals surface area contributed by atoms with Gasteiger partial charge in [-0.15, -0.1) is 0 Å². The number of aromatic nitrogens is 1. The zero-order valence-corrected chi connectivity index (χ0v) is 12.1. The normalized spacial score (nSPS) is 18.0. The molecule has 0 amide bonds. The standard InChI is InChI=1S/C14H22N4O2/c1-3-14(4-2)7-9-17(10-8-14)13-11(18(19)20)5-6-12(15)16-13/h5-6H,3-4,7-10H2,1-2H3,(H2,15,16). The Morgan fingerprint density at radius 3 is 2.45 bits per heavy atom. The van der Waals surface area contributed by atoms with E-state index in [1.165, 1.54) is 12.1 Å². The number of piperidine rings is 1. The molecule has 20 heavy (non-hydrogen) atoms.